The van der Waals surface area contributed by atoms with Crippen molar-refractivity contribution in [1.29, 1.82) is 0 Å². The number of rotatable bonds is 3. The lowest BCUT2D eigenvalue weighted by molar-refractivity contribution is -0.0707. The number of ether oxygens (including phenoxy) is 1. The summed E-state index contributed by atoms with van der Waals surface area (Å²) in [4.78, 5) is 15.4. The van der Waals surface area contributed by atoms with E-state index in [1.54, 1.807) is 12.4 Å². The summed E-state index contributed by atoms with van der Waals surface area (Å²) >= 11 is 0. The number of hydrogen-bond donors (Lipinski definition) is 0. The van der Waals surface area contributed by atoms with Gasteiger partial charge in [0.05, 0.1) is 17.9 Å². The van der Waals surface area contributed by atoms with Crippen LogP contribution in [0.4, 0.5) is 0 Å². The Kier molecular flexibility index (Phi) is 4.22. The van der Waals surface area contributed by atoms with E-state index in [4.69, 9.17) is 4.74 Å². The Morgan fingerprint density at radius 1 is 1.10 bits per heavy atom. The van der Waals surface area contributed by atoms with Crippen LogP contribution in [0.1, 0.15) is 19.5 Å². The van der Waals surface area contributed by atoms with Gasteiger partial charge >= 0.3 is 0 Å². The van der Waals surface area contributed by atoms with Crippen molar-refractivity contribution in [2.24, 2.45) is 0 Å². The Balaban J connectivity index is 1.74. The first-order valence-corrected chi connectivity index (χ1v) is 7.31. The first kappa shape index (κ1) is 14.1. The molecule has 0 N–H and O–H groups in total. The van der Waals surface area contributed by atoms with Crippen molar-refractivity contribution in [3.63, 3.8) is 0 Å². The Hall–Kier alpha value is -1.85. The quantitative estimate of drug-likeness (QED) is 0.864. The maximum atomic E-state index is 5.77. The lowest BCUT2D eigenvalue weighted by Crippen LogP contribution is -2.44. The minimum absolute atomic E-state index is 0.273. The van der Waals surface area contributed by atoms with E-state index in [0.29, 0.717) is 0 Å². The molecule has 2 aromatic heterocycles. The molecular formula is C16H20N4O. The zero-order valence-corrected chi connectivity index (χ0v) is 12.4. The van der Waals surface area contributed by atoms with E-state index < -0.39 is 0 Å². The van der Waals surface area contributed by atoms with Gasteiger partial charge in [0.2, 0.25) is 0 Å². The molecule has 0 radical (unpaired) electrons. The minimum atomic E-state index is 0.273. The second-order valence-electron chi connectivity index (χ2n) is 5.56. The molecule has 0 bridgehead atoms. The molecule has 0 amide bonds. The van der Waals surface area contributed by atoms with E-state index in [-0.39, 0.29) is 12.2 Å². The monoisotopic (exact) mass is 284 g/mol. The van der Waals surface area contributed by atoms with E-state index in [0.717, 1.165) is 36.7 Å². The summed E-state index contributed by atoms with van der Waals surface area (Å²) in [5, 5.41) is 0. The lowest BCUT2D eigenvalue weighted by Gasteiger charge is -2.35. The summed E-state index contributed by atoms with van der Waals surface area (Å²) in [6, 6.07) is 5.84. The van der Waals surface area contributed by atoms with E-state index in [1.807, 2.05) is 24.4 Å². The van der Waals surface area contributed by atoms with Gasteiger partial charge in [0.1, 0.15) is 0 Å². The van der Waals surface area contributed by atoms with Crippen molar-refractivity contribution in [3.05, 3.63) is 42.5 Å². The first-order chi connectivity index (χ1) is 10.2. The summed E-state index contributed by atoms with van der Waals surface area (Å²) in [6.45, 7) is 6.95. The van der Waals surface area contributed by atoms with Crippen molar-refractivity contribution >= 4 is 0 Å². The first-order valence-electron chi connectivity index (χ1n) is 7.31. The van der Waals surface area contributed by atoms with Gasteiger partial charge in [0, 0.05) is 43.8 Å². The highest BCUT2D eigenvalue weighted by Gasteiger charge is 2.22. The average Bonchev–Trinajstić information content (AvgIpc) is 2.47. The summed E-state index contributed by atoms with van der Waals surface area (Å²) < 4.78 is 5.77. The molecular weight excluding hydrogens is 264 g/mol. The number of hydrogen-bond acceptors (Lipinski definition) is 5. The highest BCUT2D eigenvalue weighted by atomic mass is 16.5. The molecule has 0 unspecified atom stereocenters. The fraction of sp³-hybridized carbons (Fsp3) is 0.438. The van der Waals surface area contributed by atoms with Crippen LogP contribution in [0.15, 0.2) is 36.8 Å². The SMILES string of the molecule is C[C@@H]1CN(Cc2ccnc(-c3ccncc3)n2)C[C@@H](C)O1. The van der Waals surface area contributed by atoms with E-state index in [1.165, 1.54) is 0 Å². The standard InChI is InChI=1S/C16H20N4O/c1-12-9-20(10-13(2)21-12)11-15-5-8-18-16(19-15)14-3-6-17-7-4-14/h3-8,12-13H,9-11H2,1-2H3/t12-,13-/m1/s1. The smallest absolute Gasteiger partial charge is 0.159 e. The summed E-state index contributed by atoms with van der Waals surface area (Å²) in [7, 11) is 0. The molecule has 0 spiro atoms. The van der Waals surface area contributed by atoms with Gasteiger partial charge < -0.3 is 4.74 Å². The fourth-order valence-corrected chi connectivity index (χ4v) is 2.77. The second kappa shape index (κ2) is 6.28. The summed E-state index contributed by atoms with van der Waals surface area (Å²) in [6.07, 6.45) is 5.89. The maximum absolute atomic E-state index is 5.77. The molecule has 2 aromatic rings. The zero-order chi connectivity index (χ0) is 14.7. The molecule has 5 heteroatoms. The Morgan fingerprint density at radius 2 is 1.81 bits per heavy atom. The van der Waals surface area contributed by atoms with Crippen LogP contribution in [-0.4, -0.2) is 45.1 Å². The van der Waals surface area contributed by atoms with Crippen LogP contribution in [-0.2, 0) is 11.3 Å². The third-order valence-electron chi connectivity index (χ3n) is 3.53. The van der Waals surface area contributed by atoms with Crippen molar-refractivity contribution in [2.75, 3.05) is 13.1 Å². The number of morpholine rings is 1. The molecule has 1 aliphatic heterocycles. The molecule has 2 atom stereocenters. The van der Waals surface area contributed by atoms with Crippen LogP contribution in [0.25, 0.3) is 11.4 Å². The Labute approximate surface area is 125 Å². The van der Waals surface area contributed by atoms with Crippen LogP contribution >= 0.6 is 0 Å². The summed E-state index contributed by atoms with van der Waals surface area (Å²) in [5.74, 6) is 0.754. The van der Waals surface area contributed by atoms with Crippen molar-refractivity contribution in [2.45, 2.75) is 32.6 Å². The van der Waals surface area contributed by atoms with Gasteiger partial charge in [-0.1, -0.05) is 0 Å². The Morgan fingerprint density at radius 3 is 2.52 bits per heavy atom. The minimum Gasteiger partial charge on any atom is -0.373 e. The number of pyridine rings is 1. The Bertz CT molecular complexity index is 580. The van der Waals surface area contributed by atoms with Gasteiger partial charge in [0.25, 0.3) is 0 Å². The molecule has 0 aromatic carbocycles. The van der Waals surface area contributed by atoms with E-state index in [9.17, 15) is 0 Å². The van der Waals surface area contributed by atoms with Gasteiger partial charge in [-0.2, -0.15) is 0 Å². The third-order valence-corrected chi connectivity index (χ3v) is 3.53. The topological polar surface area (TPSA) is 51.1 Å². The molecule has 3 rings (SSSR count). The molecule has 1 aliphatic rings. The molecule has 1 saturated heterocycles. The van der Waals surface area contributed by atoms with Gasteiger partial charge in [-0.15, -0.1) is 0 Å². The number of aromatic nitrogens is 3. The van der Waals surface area contributed by atoms with Gasteiger partial charge in [-0.05, 0) is 32.0 Å². The van der Waals surface area contributed by atoms with E-state index in [2.05, 4.69) is 33.7 Å². The van der Waals surface area contributed by atoms with Crippen LogP contribution < -0.4 is 0 Å². The predicted molar refractivity (Wildman–Crippen MR) is 80.5 cm³/mol. The van der Waals surface area contributed by atoms with Crippen molar-refractivity contribution in [1.82, 2.24) is 19.9 Å². The molecule has 110 valence electrons. The zero-order valence-electron chi connectivity index (χ0n) is 12.4. The lowest BCUT2D eigenvalue weighted by atomic mass is 10.2. The number of nitrogens with zero attached hydrogens (tertiary/aromatic N) is 4. The highest BCUT2D eigenvalue weighted by Crippen LogP contribution is 2.16. The summed E-state index contributed by atoms with van der Waals surface area (Å²) in [5.41, 5.74) is 2.04. The van der Waals surface area contributed by atoms with Gasteiger partial charge in [0.15, 0.2) is 5.82 Å². The van der Waals surface area contributed by atoms with E-state index >= 15 is 0 Å². The molecule has 21 heavy (non-hydrogen) atoms. The molecule has 3 heterocycles. The van der Waals surface area contributed by atoms with Crippen LogP contribution in [0.5, 0.6) is 0 Å². The second-order valence-corrected chi connectivity index (χ2v) is 5.56. The largest absolute Gasteiger partial charge is 0.373 e. The normalized spacial score (nSPS) is 23.1. The van der Waals surface area contributed by atoms with Crippen molar-refractivity contribution in [3.8, 4) is 11.4 Å². The van der Waals surface area contributed by atoms with Crippen LogP contribution in [0.3, 0.4) is 0 Å². The molecule has 0 saturated carbocycles. The molecule has 0 aliphatic carbocycles. The third kappa shape index (κ3) is 3.62. The maximum Gasteiger partial charge on any atom is 0.159 e. The average molecular weight is 284 g/mol. The molecule has 1 fully saturated rings. The fourth-order valence-electron chi connectivity index (χ4n) is 2.77. The van der Waals surface area contributed by atoms with Gasteiger partial charge in [-0.25, -0.2) is 9.97 Å². The van der Waals surface area contributed by atoms with Crippen LogP contribution in [0.2, 0.25) is 0 Å². The molecule has 5 nitrogen and oxygen atoms in total. The van der Waals surface area contributed by atoms with Gasteiger partial charge in [-0.3, -0.25) is 9.88 Å². The van der Waals surface area contributed by atoms with Crippen molar-refractivity contribution < 1.29 is 4.74 Å². The van der Waals surface area contributed by atoms with Crippen LogP contribution in [0, 0.1) is 0 Å². The predicted octanol–water partition coefficient (Wildman–Crippen LogP) is 2.15. The highest BCUT2D eigenvalue weighted by molar-refractivity contribution is 5.53.